The molecule has 0 spiro atoms. The maximum Gasteiger partial charge on any atom is 0.349 e. The molecule has 0 radical (unpaired) electrons. The van der Waals surface area contributed by atoms with Gasteiger partial charge in [0.1, 0.15) is 6.54 Å². The molecule has 0 aliphatic heterocycles. The molecular weight excluding hydrogens is 198 g/mol. The van der Waals surface area contributed by atoms with Crippen LogP contribution in [0.4, 0.5) is 0 Å². The topological polar surface area (TPSA) is 65.6 Å². The molecule has 0 bridgehead atoms. The summed E-state index contributed by atoms with van der Waals surface area (Å²) in [5, 5.41) is 3.85. The number of fused-ring (bicyclic) bond motifs is 1. The first-order chi connectivity index (χ1) is 7.22. The predicted molar refractivity (Wildman–Crippen MR) is 51.5 cm³/mol. The lowest BCUT2D eigenvalue weighted by Crippen LogP contribution is -2.31. The van der Waals surface area contributed by atoms with Crippen molar-refractivity contribution in [3.8, 4) is 0 Å². The number of rotatable bonds is 2. The fourth-order valence-electron chi connectivity index (χ4n) is 1.27. The Kier molecular flexibility index (Phi) is 2.24. The first-order valence-electron chi connectivity index (χ1n) is 4.32. The molecular formula is C9H9N3O3. The molecule has 0 aliphatic rings. The van der Waals surface area contributed by atoms with E-state index < -0.39 is 5.97 Å². The Morgan fingerprint density at radius 1 is 1.60 bits per heavy atom. The van der Waals surface area contributed by atoms with E-state index in [4.69, 9.17) is 0 Å². The van der Waals surface area contributed by atoms with Crippen LogP contribution in [-0.4, -0.2) is 27.3 Å². The van der Waals surface area contributed by atoms with Gasteiger partial charge in [-0.25, -0.2) is 9.48 Å². The Morgan fingerprint density at radius 2 is 2.40 bits per heavy atom. The Morgan fingerprint density at radius 3 is 3.13 bits per heavy atom. The van der Waals surface area contributed by atoms with Crippen molar-refractivity contribution in [3.05, 3.63) is 35.0 Å². The van der Waals surface area contributed by atoms with Crippen LogP contribution in [0.15, 0.2) is 29.3 Å². The second kappa shape index (κ2) is 3.56. The van der Waals surface area contributed by atoms with Gasteiger partial charge >= 0.3 is 11.7 Å². The molecule has 0 fully saturated rings. The predicted octanol–water partition coefficient (Wildman–Crippen LogP) is -0.331. The standard InChI is InChI=1S/C9H9N3O3/c1-15-8(13)6-12-9(14)11-4-2-3-7(11)5-10-12/h2-5H,6H2,1H3. The molecule has 78 valence electrons. The Hall–Kier alpha value is -2.11. The van der Waals surface area contributed by atoms with Gasteiger partial charge in [-0.3, -0.25) is 9.20 Å². The van der Waals surface area contributed by atoms with Crippen LogP contribution in [0, 0.1) is 0 Å². The number of esters is 1. The quantitative estimate of drug-likeness (QED) is 0.632. The molecule has 0 saturated carbocycles. The summed E-state index contributed by atoms with van der Waals surface area (Å²) in [7, 11) is 1.27. The number of carbonyl (C=O) groups excluding carboxylic acids is 1. The minimum Gasteiger partial charge on any atom is -0.468 e. The summed E-state index contributed by atoms with van der Waals surface area (Å²) in [6, 6.07) is 3.50. The van der Waals surface area contributed by atoms with Crippen molar-refractivity contribution in [2.45, 2.75) is 6.54 Å². The highest BCUT2D eigenvalue weighted by Crippen LogP contribution is 1.96. The van der Waals surface area contributed by atoms with Gasteiger partial charge in [0, 0.05) is 6.20 Å². The van der Waals surface area contributed by atoms with Gasteiger partial charge in [0.2, 0.25) is 0 Å². The van der Waals surface area contributed by atoms with E-state index in [1.807, 2.05) is 0 Å². The normalized spacial score (nSPS) is 10.5. The summed E-state index contributed by atoms with van der Waals surface area (Å²) < 4.78 is 6.92. The minimum atomic E-state index is -0.504. The molecule has 2 aromatic rings. The maximum absolute atomic E-state index is 11.7. The molecule has 0 unspecified atom stereocenters. The molecule has 0 saturated heterocycles. The number of aromatic nitrogens is 3. The second-order valence-corrected chi connectivity index (χ2v) is 2.96. The number of ether oxygens (including phenoxy) is 1. The SMILES string of the molecule is COC(=O)Cn1ncc2cccn2c1=O. The molecule has 0 aromatic carbocycles. The van der Waals surface area contributed by atoms with Crippen molar-refractivity contribution >= 4 is 11.5 Å². The van der Waals surface area contributed by atoms with Gasteiger partial charge in [-0.05, 0) is 12.1 Å². The van der Waals surface area contributed by atoms with E-state index in [1.54, 1.807) is 18.3 Å². The summed E-state index contributed by atoms with van der Waals surface area (Å²) in [5.41, 5.74) is 0.337. The molecule has 6 nitrogen and oxygen atoms in total. The molecule has 15 heavy (non-hydrogen) atoms. The van der Waals surface area contributed by atoms with Gasteiger partial charge in [0.05, 0.1) is 18.8 Å². The van der Waals surface area contributed by atoms with Crippen LogP contribution in [0.5, 0.6) is 0 Å². The number of hydrogen-bond acceptors (Lipinski definition) is 4. The minimum absolute atomic E-state index is 0.177. The van der Waals surface area contributed by atoms with Crippen molar-refractivity contribution in [1.82, 2.24) is 14.2 Å². The molecule has 2 rings (SSSR count). The fourth-order valence-corrected chi connectivity index (χ4v) is 1.27. The van der Waals surface area contributed by atoms with Crippen LogP contribution in [0.3, 0.4) is 0 Å². The molecule has 0 N–H and O–H groups in total. The first-order valence-corrected chi connectivity index (χ1v) is 4.32. The van der Waals surface area contributed by atoms with E-state index in [9.17, 15) is 9.59 Å². The van der Waals surface area contributed by atoms with Crippen molar-refractivity contribution < 1.29 is 9.53 Å². The van der Waals surface area contributed by atoms with E-state index in [0.717, 1.165) is 4.68 Å². The van der Waals surface area contributed by atoms with E-state index in [2.05, 4.69) is 9.84 Å². The Balaban J connectivity index is 2.48. The van der Waals surface area contributed by atoms with Crippen LogP contribution >= 0.6 is 0 Å². The molecule has 0 amide bonds. The lowest BCUT2D eigenvalue weighted by atomic mass is 10.5. The maximum atomic E-state index is 11.7. The van der Waals surface area contributed by atoms with Crippen LogP contribution in [0.2, 0.25) is 0 Å². The third-order valence-corrected chi connectivity index (χ3v) is 2.04. The zero-order valence-corrected chi connectivity index (χ0v) is 8.08. The number of hydrogen-bond donors (Lipinski definition) is 0. The highest BCUT2D eigenvalue weighted by atomic mass is 16.5. The van der Waals surface area contributed by atoms with Gasteiger partial charge in [0.15, 0.2) is 0 Å². The average Bonchev–Trinajstić information content (AvgIpc) is 2.70. The number of carbonyl (C=O) groups is 1. The van der Waals surface area contributed by atoms with Crippen LogP contribution < -0.4 is 5.69 Å². The largest absolute Gasteiger partial charge is 0.468 e. The number of nitrogens with zero attached hydrogens (tertiary/aromatic N) is 3. The van der Waals surface area contributed by atoms with Gasteiger partial charge < -0.3 is 4.74 Å². The fraction of sp³-hybridized carbons (Fsp3) is 0.222. The van der Waals surface area contributed by atoms with E-state index >= 15 is 0 Å². The third kappa shape index (κ3) is 1.61. The van der Waals surface area contributed by atoms with Crippen molar-refractivity contribution in [2.24, 2.45) is 0 Å². The first kappa shape index (κ1) is 9.45. The van der Waals surface area contributed by atoms with E-state index in [-0.39, 0.29) is 12.2 Å². The zero-order valence-electron chi connectivity index (χ0n) is 8.08. The average molecular weight is 207 g/mol. The van der Waals surface area contributed by atoms with Crippen LogP contribution in [0.25, 0.3) is 5.52 Å². The summed E-state index contributed by atoms with van der Waals surface area (Å²) in [6.07, 6.45) is 3.14. The van der Waals surface area contributed by atoms with Crippen molar-refractivity contribution in [1.29, 1.82) is 0 Å². The molecule has 0 atom stereocenters. The van der Waals surface area contributed by atoms with Crippen LogP contribution in [0.1, 0.15) is 0 Å². The highest BCUT2D eigenvalue weighted by Gasteiger charge is 2.07. The molecule has 2 aromatic heterocycles. The molecule has 0 aliphatic carbocycles. The van der Waals surface area contributed by atoms with Gasteiger partial charge in [-0.15, -0.1) is 0 Å². The lowest BCUT2D eigenvalue weighted by Gasteiger charge is -2.02. The van der Waals surface area contributed by atoms with E-state index in [1.165, 1.54) is 17.7 Å². The lowest BCUT2D eigenvalue weighted by molar-refractivity contribution is -0.141. The Labute approximate surface area is 84.7 Å². The van der Waals surface area contributed by atoms with Gasteiger partial charge in [-0.2, -0.15) is 5.10 Å². The molecule has 6 heteroatoms. The van der Waals surface area contributed by atoms with Crippen molar-refractivity contribution in [2.75, 3.05) is 7.11 Å². The monoisotopic (exact) mass is 207 g/mol. The second-order valence-electron chi connectivity index (χ2n) is 2.96. The molecule has 2 heterocycles. The summed E-state index contributed by atoms with van der Waals surface area (Å²) >= 11 is 0. The summed E-state index contributed by atoms with van der Waals surface area (Å²) in [6.45, 7) is -0.177. The Bertz CT molecular complexity index is 555. The van der Waals surface area contributed by atoms with Crippen molar-refractivity contribution in [3.63, 3.8) is 0 Å². The zero-order chi connectivity index (χ0) is 10.8. The highest BCUT2D eigenvalue weighted by molar-refractivity contribution is 5.68. The smallest absolute Gasteiger partial charge is 0.349 e. The summed E-state index contributed by atoms with van der Waals surface area (Å²) in [4.78, 5) is 22.7. The van der Waals surface area contributed by atoms with E-state index in [0.29, 0.717) is 5.52 Å². The number of methoxy groups -OCH3 is 1. The van der Waals surface area contributed by atoms with Gasteiger partial charge in [0.25, 0.3) is 0 Å². The van der Waals surface area contributed by atoms with Crippen LogP contribution in [-0.2, 0) is 16.1 Å². The third-order valence-electron chi connectivity index (χ3n) is 2.04. The summed E-state index contributed by atoms with van der Waals surface area (Å²) in [5.74, 6) is -0.504. The van der Waals surface area contributed by atoms with Gasteiger partial charge in [-0.1, -0.05) is 0 Å².